The number of hydrogen-bond donors (Lipinski definition) is 0. The van der Waals surface area contributed by atoms with Crippen LogP contribution in [-0.2, 0) is 0 Å². The highest BCUT2D eigenvalue weighted by molar-refractivity contribution is 7.99. The SMILES string of the molecule is CSc1ccc(O[B]Oc2ccc(SC)c(Cl)c2)cc1Cl. The maximum Gasteiger partial charge on any atom is 0.658 e. The van der Waals surface area contributed by atoms with Gasteiger partial charge >= 0.3 is 7.69 Å². The molecule has 0 N–H and O–H groups in total. The molecular weight excluding hydrogens is 346 g/mol. The Labute approximate surface area is 143 Å². The van der Waals surface area contributed by atoms with Crippen molar-refractivity contribution in [2.24, 2.45) is 0 Å². The van der Waals surface area contributed by atoms with Crippen LogP contribution in [0.15, 0.2) is 46.2 Å². The maximum absolute atomic E-state index is 6.10. The van der Waals surface area contributed by atoms with Crippen LogP contribution in [0.3, 0.4) is 0 Å². The predicted octanol–water partition coefficient (Wildman–Crippen LogP) is 5.43. The fourth-order valence-electron chi connectivity index (χ4n) is 1.58. The van der Waals surface area contributed by atoms with Crippen molar-refractivity contribution < 1.29 is 9.31 Å². The second kappa shape index (κ2) is 8.13. The van der Waals surface area contributed by atoms with Crippen LogP contribution in [0.1, 0.15) is 0 Å². The summed E-state index contributed by atoms with van der Waals surface area (Å²) in [5.41, 5.74) is 0. The van der Waals surface area contributed by atoms with Gasteiger partial charge in [0.15, 0.2) is 0 Å². The van der Waals surface area contributed by atoms with Crippen LogP contribution < -0.4 is 9.31 Å². The molecule has 0 aromatic heterocycles. The lowest BCUT2D eigenvalue weighted by Gasteiger charge is -2.09. The van der Waals surface area contributed by atoms with Crippen LogP contribution in [0, 0.1) is 0 Å². The minimum atomic E-state index is 0.615. The first kappa shape index (κ1) is 16.8. The molecule has 7 heteroatoms. The van der Waals surface area contributed by atoms with Crippen molar-refractivity contribution in [1.29, 1.82) is 0 Å². The summed E-state index contributed by atoms with van der Waals surface area (Å²) in [5.74, 6) is 1.23. The molecule has 0 bridgehead atoms. The third-order valence-corrected chi connectivity index (χ3v) is 5.06. The Kier molecular flexibility index (Phi) is 6.49. The van der Waals surface area contributed by atoms with Gasteiger partial charge in [0.05, 0.1) is 10.0 Å². The molecule has 0 saturated carbocycles. The fraction of sp³-hybridized carbons (Fsp3) is 0.143. The van der Waals surface area contributed by atoms with Crippen LogP contribution in [0.4, 0.5) is 0 Å². The molecule has 2 aromatic carbocycles. The van der Waals surface area contributed by atoms with E-state index in [1.54, 1.807) is 35.7 Å². The number of halogens is 2. The van der Waals surface area contributed by atoms with E-state index in [0.717, 1.165) is 9.79 Å². The van der Waals surface area contributed by atoms with E-state index < -0.39 is 0 Å². The van der Waals surface area contributed by atoms with Gasteiger partial charge in [0.1, 0.15) is 11.5 Å². The summed E-state index contributed by atoms with van der Waals surface area (Å²) in [7, 11) is 1.26. The summed E-state index contributed by atoms with van der Waals surface area (Å²) in [6.45, 7) is 0. The molecule has 0 aliphatic heterocycles. The average Bonchev–Trinajstić information content (AvgIpc) is 2.48. The Bertz CT molecular complexity index is 572. The van der Waals surface area contributed by atoms with Gasteiger partial charge in [-0.1, -0.05) is 23.2 Å². The van der Waals surface area contributed by atoms with Gasteiger partial charge in [0.2, 0.25) is 0 Å². The molecule has 109 valence electrons. The quantitative estimate of drug-likeness (QED) is 0.506. The molecule has 0 saturated heterocycles. The average molecular weight is 358 g/mol. The smallest absolute Gasteiger partial charge is 0.526 e. The van der Waals surface area contributed by atoms with Gasteiger partial charge in [0.25, 0.3) is 0 Å². The van der Waals surface area contributed by atoms with E-state index in [2.05, 4.69) is 0 Å². The first-order chi connectivity index (χ1) is 10.1. The lowest BCUT2D eigenvalue weighted by Crippen LogP contribution is -2.10. The highest BCUT2D eigenvalue weighted by Gasteiger charge is 2.06. The summed E-state index contributed by atoms with van der Waals surface area (Å²) in [6.07, 6.45) is 3.94. The first-order valence-corrected chi connectivity index (χ1v) is 9.16. The Hall–Kier alpha value is -0.615. The first-order valence-electron chi connectivity index (χ1n) is 5.96. The van der Waals surface area contributed by atoms with Crippen molar-refractivity contribution in [2.75, 3.05) is 12.5 Å². The summed E-state index contributed by atoms with van der Waals surface area (Å²) < 4.78 is 10.8. The van der Waals surface area contributed by atoms with Crippen molar-refractivity contribution >= 4 is 54.4 Å². The third-order valence-electron chi connectivity index (χ3n) is 2.61. The van der Waals surface area contributed by atoms with Gasteiger partial charge in [-0.3, -0.25) is 0 Å². The molecule has 0 unspecified atom stereocenters. The van der Waals surface area contributed by atoms with E-state index in [0.29, 0.717) is 21.5 Å². The normalized spacial score (nSPS) is 10.3. The highest BCUT2D eigenvalue weighted by atomic mass is 35.5. The van der Waals surface area contributed by atoms with E-state index in [4.69, 9.17) is 32.5 Å². The fourth-order valence-corrected chi connectivity index (χ4v) is 3.30. The van der Waals surface area contributed by atoms with Crippen molar-refractivity contribution in [3.63, 3.8) is 0 Å². The Morgan fingerprint density at radius 1 is 0.810 bits per heavy atom. The van der Waals surface area contributed by atoms with Crippen LogP contribution in [0.5, 0.6) is 11.5 Å². The summed E-state index contributed by atoms with van der Waals surface area (Å²) in [6, 6.07) is 11.0. The van der Waals surface area contributed by atoms with Crippen molar-refractivity contribution in [2.45, 2.75) is 9.79 Å². The Morgan fingerprint density at radius 2 is 1.24 bits per heavy atom. The Morgan fingerprint density at radius 3 is 1.57 bits per heavy atom. The summed E-state index contributed by atoms with van der Waals surface area (Å²) >= 11 is 15.4. The highest BCUT2D eigenvalue weighted by Crippen LogP contribution is 2.30. The number of thioether (sulfide) groups is 2. The zero-order valence-corrected chi connectivity index (χ0v) is 14.6. The maximum atomic E-state index is 6.10. The van der Waals surface area contributed by atoms with Crippen LogP contribution >= 0.6 is 46.7 Å². The molecule has 0 fully saturated rings. The van der Waals surface area contributed by atoms with Crippen molar-refractivity contribution in [3.05, 3.63) is 46.4 Å². The second-order valence-corrected chi connectivity index (χ2v) is 6.44. The Balaban J connectivity index is 1.92. The molecule has 2 aromatic rings. The van der Waals surface area contributed by atoms with Crippen LogP contribution in [0.25, 0.3) is 0 Å². The molecule has 21 heavy (non-hydrogen) atoms. The van der Waals surface area contributed by atoms with Gasteiger partial charge in [-0.15, -0.1) is 23.5 Å². The predicted molar refractivity (Wildman–Crippen MR) is 93.5 cm³/mol. The van der Waals surface area contributed by atoms with E-state index in [9.17, 15) is 0 Å². The number of benzene rings is 2. The lowest BCUT2D eigenvalue weighted by atomic mass is 10.3. The molecule has 0 spiro atoms. The van der Waals surface area contributed by atoms with E-state index in [1.165, 1.54) is 7.69 Å². The molecule has 0 aliphatic carbocycles. The van der Waals surface area contributed by atoms with Gasteiger partial charge in [-0.05, 0) is 48.9 Å². The van der Waals surface area contributed by atoms with Gasteiger partial charge in [-0.2, -0.15) is 0 Å². The van der Waals surface area contributed by atoms with E-state index >= 15 is 0 Å². The minimum absolute atomic E-state index is 0.615. The lowest BCUT2D eigenvalue weighted by molar-refractivity contribution is 0.458. The second-order valence-electron chi connectivity index (χ2n) is 3.92. The van der Waals surface area contributed by atoms with Crippen LogP contribution in [-0.4, -0.2) is 20.2 Å². The summed E-state index contributed by atoms with van der Waals surface area (Å²) in [5, 5.41) is 1.31. The molecule has 2 rings (SSSR count). The van der Waals surface area contributed by atoms with E-state index in [-0.39, 0.29) is 0 Å². The number of rotatable bonds is 6. The van der Waals surface area contributed by atoms with Crippen molar-refractivity contribution in [1.82, 2.24) is 0 Å². The number of hydrogen-bond acceptors (Lipinski definition) is 4. The van der Waals surface area contributed by atoms with Gasteiger partial charge in [-0.25, -0.2) is 0 Å². The largest absolute Gasteiger partial charge is 0.658 e. The van der Waals surface area contributed by atoms with Crippen LogP contribution in [0.2, 0.25) is 10.0 Å². The zero-order chi connectivity index (χ0) is 15.2. The summed E-state index contributed by atoms with van der Waals surface area (Å²) in [4.78, 5) is 2.01. The monoisotopic (exact) mass is 357 g/mol. The molecule has 2 nitrogen and oxygen atoms in total. The molecular formula is C14H12BCl2O2S2. The van der Waals surface area contributed by atoms with Gasteiger partial charge < -0.3 is 9.31 Å². The third kappa shape index (κ3) is 4.68. The molecule has 0 amide bonds. The standard InChI is InChI=1S/C14H12BCl2O2S2/c1-20-13-5-3-9(7-11(13)16)18-15-19-10-4-6-14(21-2)12(17)8-10/h3-8H,1-2H3. The molecule has 0 heterocycles. The van der Waals surface area contributed by atoms with Gasteiger partial charge in [0, 0.05) is 9.79 Å². The van der Waals surface area contributed by atoms with Crippen molar-refractivity contribution in [3.8, 4) is 11.5 Å². The molecule has 1 radical (unpaired) electrons. The van der Waals surface area contributed by atoms with E-state index in [1.807, 2.05) is 36.8 Å². The zero-order valence-electron chi connectivity index (χ0n) is 11.4. The minimum Gasteiger partial charge on any atom is -0.526 e. The molecule has 0 atom stereocenters. The topological polar surface area (TPSA) is 18.5 Å². The molecule has 0 aliphatic rings.